The first kappa shape index (κ1) is 23.7. The Morgan fingerprint density at radius 2 is 1.88 bits per heavy atom. The lowest BCUT2D eigenvalue weighted by molar-refractivity contribution is 0.0908. The number of rotatable bonds is 6. The molecule has 0 unspecified atom stereocenters. The van der Waals surface area contributed by atoms with Crippen molar-refractivity contribution in [1.29, 1.82) is 0 Å². The van der Waals surface area contributed by atoms with Crippen LogP contribution in [0.1, 0.15) is 37.6 Å². The predicted molar refractivity (Wildman–Crippen MR) is 126 cm³/mol. The summed E-state index contributed by atoms with van der Waals surface area (Å²) in [6, 6.07) is 7.52. The molecule has 32 heavy (non-hydrogen) atoms. The van der Waals surface area contributed by atoms with E-state index in [2.05, 4.69) is 47.3 Å². The Hall–Kier alpha value is -2.92. The van der Waals surface area contributed by atoms with Gasteiger partial charge in [-0.1, -0.05) is 6.92 Å². The second-order valence-corrected chi connectivity index (χ2v) is 9.27. The lowest BCUT2D eigenvalue weighted by Gasteiger charge is -2.24. The van der Waals surface area contributed by atoms with Crippen molar-refractivity contribution >= 4 is 37.8 Å². The Morgan fingerprint density at radius 3 is 2.47 bits per heavy atom. The summed E-state index contributed by atoms with van der Waals surface area (Å²) in [5.41, 5.74) is -1.26. The number of phenolic OH excluding ortho intramolecular Hbond substituents is 1. The molecule has 1 amide bonds. The summed E-state index contributed by atoms with van der Waals surface area (Å²) >= 11 is 6.81. The average molecular weight is 568 g/mol. The smallest absolute Gasteiger partial charge is 0.349 e. The highest BCUT2D eigenvalue weighted by atomic mass is 79.9. The Labute approximate surface area is 199 Å². The zero-order valence-corrected chi connectivity index (χ0v) is 20.6. The number of carbonyl (C=O) groups excluding carboxylic acids is 1. The molecule has 2 aromatic carbocycles. The molecule has 3 N–H and O–H groups in total. The van der Waals surface area contributed by atoms with E-state index in [4.69, 9.17) is 4.74 Å². The van der Waals surface area contributed by atoms with Gasteiger partial charge in [0.1, 0.15) is 17.7 Å². The number of halogens is 2. The number of H-pyrrole nitrogens is 1. The SMILES string of the molecule is CCC(C)(C)NC(=O)c1cc(Oc2c(Br)cc(-n3ncc(=O)[nH]c3=O)cc2Br)ccc1O. The molecule has 168 valence electrons. The third-order valence-electron chi connectivity index (χ3n) is 4.71. The van der Waals surface area contributed by atoms with Gasteiger partial charge < -0.3 is 15.2 Å². The molecule has 0 spiro atoms. The first-order valence-corrected chi connectivity index (χ1v) is 11.1. The number of nitrogens with one attached hydrogen (secondary N) is 2. The van der Waals surface area contributed by atoms with Crippen LogP contribution in [0.2, 0.25) is 0 Å². The fraction of sp³-hybridized carbons (Fsp3) is 0.238. The van der Waals surface area contributed by atoms with Crippen molar-refractivity contribution < 1.29 is 14.6 Å². The summed E-state index contributed by atoms with van der Waals surface area (Å²) in [5.74, 6) is 0.100. The highest BCUT2D eigenvalue weighted by Gasteiger charge is 2.22. The van der Waals surface area contributed by atoms with Crippen molar-refractivity contribution in [3.8, 4) is 22.9 Å². The molecule has 3 aromatic rings. The van der Waals surface area contributed by atoms with Crippen LogP contribution in [0.4, 0.5) is 0 Å². The Balaban J connectivity index is 1.93. The van der Waals surface area contributed by atoms with Gasteiger partial charge in [0.15, 0.2) is 5.75 Å². The van der Waals surface area contributed by atoms with E-state index in [0.29, 0.717) is 26.1 Å². The Morgan fingerprint density at radius 1 is 1.22 bits per heavy atom. The van der Waals surface area contributed by atoms with E-state index in [0.717, 1.165) is 17.3 Å². The number of aromatic amines is 1. The van der Waals surface area contributed by atoms with Crippen molar-refractivity contribution in [2.24, 2.45) is 0 Å². The molecule has 0 atom stereocenters. The maximum absolute atomic E-state index is 12.6. The summed E-state index contributed by atoms with van der Waals surface area (Å²) in [6.45, 7) is 5.73. The van der Waals surface area contributed by atoms with Crippen LogP contribution < -0.4 is 21.3 Å². The molecule has 0 fully saturated rings. The molecule has 0 bridgehead atoms. The number of aromatic hydroxyl groups is 1. The normalized spacial score (nSPS) is 11.3. The standard InChI is InChI=1S/C21H20Br2N4O5/c1-4-21(2,3)26-19(30)13-9-12(5-6-16(13)28)32-18-14(22)7-11(8-15(18)23)27-20(31)25-17(29)10-24-27/h5-10,28H,4H2,1-3H3,(H,26,30)(H,25,29,31). The van der Waals surface area contributed by atoms with Crippen molar-refractivity contribution in [3.05, 3.63) is 71.9 Å². The summed E-state index contributed by atoms with van der Waals surface area (Å²) < 4.78 is 7.92. The topological polar surface area (TPSA) is 126 Å². The van der Waals surface area contributed by atoms with Crippen molar-refractivity contribution in [2.75, 3.05) is 0 Å². The average Bonchev–Trinajstić information content (AvgIpc) is 2.71. The zero-order valence-electron chi connectivity index (χ0n) is 17.4. The lowest BCUT2D eigenvalue weighted by Crippen LogP contribution is -2.42. The number of ether oxygens (including phenoxy) is 1. The number of aromatic nitrogens is 3. The summed E-state index contributed by atoms with van der Waals surface area (Å²) in [7, 11) is 0. The number of hydrogen-bond donors (Lipinski definition) is 3. The van der Waals surface area contributed by atoms with E-state index in [1.165, 1.54) is 18.2 Å². The third-order valence-corrected chi connectivity index (χ3v) is 5.89. The second kappa shape index (κ2) is 9.29. The first-order chi connectivity index (χ1) is 15.0. The third kappa shape index (κ3) is 5.28. The first-order valence-electron chi connectivity index (χ1n) is 9.52. The van der Waals surface area contributed by atoms with E-state index < -0.39 is 22.7 Å². The fourth-order valence-corrected chi connectivity index (χ4v) is 3.97. The van der Waals surface area contributed by atoms with E-state index in [1.807, 2.05) is 20.8 Å². The van der Waals surface area contributed by atoms with Crippen molar-refractivity contribution in [3.63, 3.8) is 0 Å². The minimum atomic E-state index is -0.686. The molecule has 0 aliphatic rings. The molecule has 0 aliphatic heterocycles. The highest BCUT2D eigenvalue weighted by molar-refractivity contribution is 9.11. The molecule has 0 saturated carbocycles. The largest absolute Gasteiger partial charge is 0.507 e. The van der Waals surface area contributed by atoms with Crippen LogP contribution in [-0.4, -0.2) is 31.3 Å². The summed E-state index contributed by atoms with van der Waals surface area (Å²) in [5, 5.41) is 16.9. The van der Waals surface area contributed by atoms with Crippen LogP contribution in [0.15, 0.2) is 55.1 Å². The van der Waals surface area contributed by atoms with Gasteiger partial charge in [-0.15, -0.1) is 0 Å². The van der Waals surface area contributed by atoms with Crippen LogP contribution in [-0.2, 0) is 0 Å². The van der Waals surface area contributed by atoms with Gasteiger partial charge in [-0.05, 0) is 82.5 Å². The number of hydrogen-bond acceptors (Lipinski definition) is 6. The lowest BCUT2D eigenvalue weighted by atomic mass is 10.0. The highest BCUT2D eigenvalue weighted by Crippen LogP contribution is 2.39. The van der Waals surface area contributed by atoms with Crippen molar-refractivity contribution in [1.82, 2.24) is 20.1 Å². The monoisotopic (exact) mass is 566 g/mol. The van der Waals surface area contributed by atoms with Gasteiger partial charge in [0.05, 0.1) is 20.2 Å². The molecule has 3 rings (SSSR count). The molecule has 0 saturated heterocycles. The van der Waals surface area contributed by atoms with Crippen LogP contribution in [0.3, 0.4) is 0 Å². The molecule has 0 radical (unpaired) electrons. The van der Waals surface area contributed by atoms with Gasteiger partial charge >= 0.3 is 5.69 Å². The van der Waals surface area contributed by atoms with Gasteiger partial charge in [0.25, 0.3) is 11.5 Å². The molecule has 1 aromatic heterocycles. The minimum Gasteiger partial charge on any atom is -0.507 e. The van der Waals surface area contributed by atoms with Gasteiger partial charge in [0, 0.05) is 5.54 Å². The number of benzene rings is 2. The molecule has 11 heteroatoms. The van der Waals surface area contributed by atoms with E-state index in [9.17, 15) is 19.5 Å². The van der Waals surface area contributed by atoms with Crippen molar-refractivity contribution in [2.45, 2.75) is 32.7 Å². The summed E-state index contributed by atoms with van der Waals surface area (Å²) in [6.07, 6.45) is 1.71. The maximum Gasteiger partial charge on any atom is 0.349 e. The number of amides is 1. The number of carbonyl (C=O) groups is 1. The number of nitrogens with zero attached hydrogens (tertiary/aromatic N) is 2. The molecule has 1 heterocycles. The van der Waals surface area contributed by atoms with Crippen LogP contribution in [0.5, 0.6) is 17.2 Å². The van der Waals surface area contributed by atoms with Gasteiger partial charge in [0.2, 0.25) is 0 Å². The summed E-state index contributed by atoms with van der Waals surface area (Å²) in [4.78, 5) is 38.0. The van der Waals surface area contributed by atoms with Gasteiger partial charge in [-0.25, -0.2) is 4.79 Å². The molecule has 9 nitrogen and oxygen atoms in total. The van der Waals surface area contributed by atoms with E-state index in [-0.39, 0.29) is 11.3 Å². The van der Waals surface area contributed by atoms with Crippen LogP contribution >= 0.6 is 31.9 Å². The Kier molecular flexibility index (Phi) is 6.89. The number of phenols is 1. The van der Waals surface area contributed by atoms with Gasteiger partial charge in [-0.3, -0.25) is 14.6 Å². The van der Waals surface area contributed by atoms with Gasteiger partial charge in [-0.2, -0.15) is 9.78 Å². The van der Waals surface area contributed by atoms with E-state index >= 15 is 0 Å². The predicted octanol–water partition coefficient (Wildman–Crippen LogP) is 3.86. The maximum atomic E-state index is 12.6. The molecular weight excluding hydrogens is 548 g/mol. The van der Waals surface area contributed by atoms with Crippen LogP contribution in [0.25, 0.3) is 5.69 Å². The molecular formula is C21H20Br2N4O5. The zero-order chi connectivity index (χ0) is 23.6. The minimum absolute atomic E-state index is 0.0804. The fourth-order valence-electron chi connectivity index (χ4n) is 2.64. The molecule has 0 aliphatic carbocycles. The van der Waals surface area contributed by atoms with E-state index in [1.54, 1.807) is 12.1 Å². The quantitative estimate of drug-likeness (QED) is 0.415. The van der Waals surface area contributed by atoms with Crippen LogP contribution in [0, 0.1) is 0 Å². The second-order valence-electron chi connectivity index (χ2n) is 7.56. The Bertz CT molecular complexity index is 1280.